The number of aryl methyl sites for hydroxylation is 1. The van der Waals surface area contributed by atoms with Gasteiger partial charge in [0, 0.05) is 19.3 Å². The molecule has 0 saturated carbocycles. The zero-order valence-electron chi connectivity index (χ0n) is 10.6. The average Bonchev–Trinajstić information content (AvgIpc) is 2.82. The van der Waals surface area contributed by atoms with Crippen LogP contribution < -0.4 is 5.32 Å². The number of thiazole rings is 1. The predicted molar refractivity (Wildman–Crippen MR) is 74.1 cm³/mol. The van der Waals surface area contributed by atoms with Crippen LogP contribution in [0.5, 0.6) is 0 Å². The van der Waals surface area contributed by atoms with E-state index in [0.29, 0.717) is 23.5 Å². The Bertz CT molecular complexity index is 554. The van der Waals surface area contributed by atoms with Gasteiger partial charge in [-0.1, -0.05) is 6.07 Å². The van der Waals surface area contributed by atoms with Crippen molar-refractivity contribution < 1.29 is 9.90 Å². The van der Waals surface area contributed by atoms with Gasteiger partial charge in [-0.3, -0.25) is 9.78 Å². The van der Waals surface area contributed by atoms with Crippen LogP contribution in [0.1, 0.15) is 21.8 Å². The van der Waals surface area contributed by atoms with Gasteiger partial charge in [-0.25, -0.2) is 4.98 Å². The molecule has 2 aromatic rings. The van der Waals surface area contributed by atoms with Gasteiger partial charge in [-0.05, 0) is 25.5 Å². The Hall–Kier alpha value is -1.79. The van der Waals surface area contributed by atoms with Crippen molar-refractivity contribution in [3.8, 4) is 10.7 Å². The zero-order valence-corrected chi connectivity index (χ0v) is 11.4. The number of carbonyl (C=O) groups is 1. The van der Waals surface area contributed by atoms with Crippen molar-refractivity contribution in [2.45, 2.75) is 13.3 Å². The number of hydrogen-bond donors (Lipinski definition) is 2. The molecule has 5 nitrogen and oxygen atoms in total. The Balaban J connectivity index is 2.15. The molecule has 0 aliphatic heterocycles. The summed E-state index contributed by atoms with van der Waals surface area (Å²) in [5, 5.41) is 12.2. The lowest BCUT2D eigenvalue weighted by molar-refractivity contribution is 0.0954. The van der Waals surface area contributed by atoms with Crippen LogP contribution in [0, 0.1) is 6.92 Å². The van der Waals surface area contributed by atoms with Gasteiger partial charge in [0.1, 0.15) is 9.88 Å². The number of carbonyl (C=O) groups excluding carboxylic acids is 1. The highest BCUT2D eigenvalue weighted by Crippen LogP contribution is 2.26. The third-order valence-corrected chi connectivity index (χ3v) is 3.69. The number of nitrogens with one attached hydrogen (secondary N) is 1. The largest absolute Gasteiger partial charge is 0.396 e. The molecule has 0 saturated heterocycles. The molecule has 100 valence electrons. The summed E-state index contributed by atoms with van der Waals surface area (Å²) in [6.07, 6.45) is 2.25. The van der Waals surface area contributed by atoms with Gasteiger partial charge >= 0.3 is 0 Å². The molecule has 0 aromatic carbocycles. The highest BCUT2D eigenvalue weighted by atomic mass is 32.1. The van der Waals surface area contributed by atoms with Crippen LogP contribution in [0.4, 0.5) is 0 Å². The minimum atomic E-state index is -0.148. The van der Waals surface area contributed by atoms with Crippen LogP contribution in [0.2, 0.25) is 0 Å². The topological polar surface area (TPSA) is 75.1 Å². The van der Waals surface area contributed by atoms with E-state index in [1.807, 2.05) is 25.1 Å². The van der Waals surface area contributed by atoms with Gasteiger partial charge in [-0.2, -0.15) is 0 Å². The van der Waals surface area contributed by atoms with Crippen molar-refractivity contribution in [3.05, 3.63) is 35.0 Å². The van der Waals surface area contributed by atoms with Crippen molar-refractivity contribution >= 4 is 17.2 Å². The number of pyridine rings is 1. The summed E-state index contributed by atoms with van der Waals surface area (Å²) in [7, 11) is 0. The van der Waals surface area contributed by atoms with Crippen LogP contribution in [0.15, 0.2) is 24.4 Å². The number of aliphatic hydroxyl groups is 1. The van der Waals surface area contributed by atoms with Crippen molar-refractivity contribution in [1.82, 2.24) is 15.3 Å². The average molecular weight is 277 g/mol. The van der Waals surface area contributed by atoms with Crippen molar-refractivity contribution in [3.63, 3.8) is 0 Å². The highest BCUT2D eigenvalue weighted by Gasteiger charge is 2.16. The fourth-order valence-corrected chi connectivity index (χ4v) is 2.53. The smallest absolute Gasteiger partial charge is 0.263 e. The second-order valence-electron chi connectivity index (χ2n) is 3.98. The molecule has 0 fully saturated rings. The van der Waals surface area contributed by atoms with E-state index in [0.717, 1.165) is 10.7 Å². The van der Waals surface area contributed by atoms with Gasteiger partial charge in [0.05, 0.1) is 11.4 Å². The molecule has 0 bridgehead atoms. The highest BCUT2D eigenvalue weighted by molar-refractivity contribution is 7.17. The molecule has 0 aliphatic carbocycles. The minimum absolute atomic E-state index is 0.0706. The van der Waals surface area contributed by atoms with E-state index in [9.17, 15) is 4.79 Å². The molecule has 0 atom stereocenters. The lowest BCUT2D eigenvalue weighted by atomic mass is 10.3. The SMILES string of the molecule is Cc1nc(-c2ccccn2)sc1C(=O)NCCCO. The second kappa shape index (κ2) is 6.40. The molecular formula is C13H15N3O2S. The summed E-state index contributed by atoms with van der Waals surface area (Å²) < 4.78 is 0. The molecule has 1 amide bonds. The van der Waals surface area contributed by atoms with Crippen LogP contribution >= 0.6 is 11.3 Å². The van der Waals surface area contributed by atoms with E-state index in [1.165, 1.54) is 11.3 Å². The second-order valence-corrected chi connectivity index (χ2v) is 4.98. The first-order valence-corrected chi connectivity index (χ1v) is 6.82. The van der Waals surface area contributed by atoms with E-state index in [-0.39, 0.29) is 12.5 Å². The monoisotopic (exact) mass is 277 g/mol. The molecule has 19 heavy (non-hydrogen) atoms. The van der Waals surface area contributed by atoms with Gasteiger partial charge in [0.2, 0.25) is 0 Å². The molecule has 2 aromatic heterocycles. The third kappa shape index (κ3) is 3.36. The Kier molecular flexibility index (Phi) is 4.59. The van der Waals surface area contributed by atoms with Crippen LogP contribution in [-0.4, -0.2) is 34.1 Å². The Labute approximate surface area is 115 Å². The van der Waals surface area contributed by atoms with E-state index in [4.69, 9.17) is 5.11 Å². The standard InChI is InChI=1S/C13H15N3O2S/c1-9-11(12(18)15-7-4-8-17)19-13(16-9)10-5-2-3-6-14-10/h2-3,5-6,17H,4,7-8H2,1H3,(H,15,18). The molecule has 0 aliphatic rings. The van der Waals surface area contributed by atoms with Crippen molar-refractivity contribution in [1.29, 1.82) is 0 Å². The van der Waals surface area contributed by atoms with E-state index in [1.54, 1.807) is 6.20 Å². The van der Waals surface area contributed by atoms with Gasteiger partial charge in [-0.15, -0.1) is 11.3 Å². The fourth-order valence-electron chi connectivity index (χ4n) is 1.57. The fraction of sp³-hybridized carbons (Fsp3) is 0.308. The van der Waals surface area contributed by atoms with Crippen LogP contribution in [0.3, 0.4) is 0 Å². The lowest BCUT2D eigenvalue weighted by Crippen LogP contribution is -2.24. The first kappa shape index (κ1) is 13.6. The zero-order chi connectivity index (χ0) is 13.7. The third-order valence-electron chi connectivity index (χ3n) is 2.51. The Morgan fingerprint density at radius 3 is 3.00 bits per heavy atom. The maximum atomic E-state index is 11.9. The maximum absolute atomic E-state index is 11.9. The maximum Gasteiger partial charge on any atom is 0.263 e. The summed E-state index contributed by atoms with van der Waals surface area (Å²) in [6.45, 7) is 2.34. The summed E-state index contributed by atoms with van der Waals surface area (Å²) in [5.74, 6) is -0.148. The predicted octanol–water partition coefficient (Wildman–Crippen LogP) is 1.63. The molecule has 0 unspecified atom stereocenters. The van der Waals surface area contributed by atoms with E-state index < -0.39 is 0 Å². The summed E-state index contributed by atoms with van der Waals surface area (Å²) in [6, 6.07) is 5.60. The number of aromatic nitrogens is 2. The minimum Gasteiger partial charge on any atom is -0.396 e. The summed E-state index contributed by atoms with van der Waals surface area (Å²) >= 11 is 1.33. The molecule has 6 heteroatoms. The van der Waals surface area contributed by atoms with E-state index >= 15 is 0 Å². The van der Waals surface area contributed by atoms with Gasteiger partial charge < -0.3 is 10.4 Å². The molecule has 2 rings (SSSR count). The van der Waals surface area contributed by atoms with Crippen LogP contribution in [0.25, 0.3) is 10.7 Å². The normalized spacial score (nSPS) is 10.4. The summed E-state index contributed by atoms with van der Waals surface area (Å²) in [5.41, 5.74) is 1.47. The first-order valence-electron chi connectivity index (χ1n) is 6.00. The summed E-state index contributed by atoms with van der Waals surface area (Å²) in [4.78, 5) is 21.1. The number of nitrogens with zero attached hydrogens (tertiary/aromatic N) is 2. The Morgan fingerprint density at radius 1 is 1.47 bits per heavy atom. The number of rotatable bonds is 5. The number of amides is 1. The quantitative estimate of drug-likeness (QED) is 0.814. The molecule has 0 radical (unpaired) electrons. The van der Waals surface area contributed by atoms with Crippen molar-refractivity contribution in [2.24, 2.45) is 0 Å². The van der Waals surface area contributed by atoms with Gasteiger partial charge in [0.25, 0.3) is 5.91 Å². The van der Waals surface area contributed by atoms with Crippen LogP contribution in [-0.2, 0) is 0 Å². The van der Waals surface area contributed by atoms with Gasteiger partial charge in [0.15, 0.2) is 0 Å². The Morgan fingerprint density at radius 2 is 2.32 bits per heavy atom. The molecule has 2 heterocycles. The van der Waals surface area contributed by atoms with Crippen molar-refractivity contribution in [2.75, 3.05) is 13.2 Å². The first-order chi connectivity index (χ1) is 9.22. The lowest BCUT2D eigenvalue weighted by Gasteiger charge is -2.01. The number of hydrogen-bond acceptors (Lipinski definition) is 5. The van der Waals surface area contributed by atoms with E-state index in [2.05, 4.69) is 15.3 Å². The molecule has 0 spiro atoms. The molecular weight excluding hydrogens is 262 g/mol. The molecule has 2 N–H and O–H groups in total. The number of aliphatic hydroxyl groups excluding tert-OH is 1.